The van der Waals surface area contributed by atoms with Crippen LogP contribution in [0.2, 0.25) is 0 Å². The number of nitrogens with zero attached hydrogens (tertiary/aromatic N) is 1. The van der Waals surface area contributed by atoms with Crippen molar-refractivity contribution in [3.05, 3.63) is 21.4 Å². The zero-order valence-corrected chi connectivity index (χ0v) is 14.8. The average molecular weight is 360 g/mol. The van der Waals surface area contributed by atoms with Crippen molar-refractivity contribution in [1.29, 1.82) is 0 Å². The van der Waals surface area contributed by atoms with Crippen LogP contribution in [0.25, 0.3) is 0 Å². The van der Waals surface area contributed by atoms with E-state index in [1.54, 1.807) is 11.3 Å². The zero-order valence-electron chi connectivity index (χ0n) is 14.0. The van der Waals surface area contributed by atoms with Gasteiger partial charge in [0.1, 0.15) is 0 Å². The molecule has 25 heavy (non-hydrogen) atoms. The third-order valence-corrected chi connectivity index (χ3v) is 7.20. The number of hydrogen-bond donors (Lipinski definition) is 1. The molecule has 4 aliphatic rings. The summed E-state index contributed by atoms with van der Waals surface area (Å²) in [5.41, 5.74) is 4.29. The van der Waals surface area contributed by atoms with Gasteiger partial charge >= 0.3 is 0 Å². The number of hydrazine groups is 1. The van der Waals surface area contributed by atoms with Crippen molar-refractivity contribution in [2.75, 3.05) is 0 Å². The lowest BCUT2D eigenvalue weighted by atomic mass is 9.81. The molecule has 0 aromatic carbocycles. The van der Waals surface area contributed by atoms with E-state index in [1.165, 1.54) is 4.88 Å². The number of nitrogens with one attached hydrogen (secondary N) is 1. The van der Waals surface area contributed by atoms with E-state index in [-0.39, 0.29) is 29.9 Å². The highest BCUT2D eigenvalue weighted by molar-refractivity contribution is 7.10. The van der Waals surface area contributed by atoms with Gasteiger partial charge in [-0.3, -0.25) is 19.8 Å². The average Bonchev–Trinajstić information content (AvgIpc) is 3.34. The molecule has 7 heteroatoms. The summed E-state index contributed by atoms with van der Waals surface area (Å²) in [4.78, 5) is 39.3. The molecule has 2 bridgehead atoms. The summed E-state index contributed by atoms with van der Waals surface area (Å²) in [6.45, 7) is 2.22. The second-order valence-corrected chi connectivity index (χ2v) is 8.66. The normalized spacial score (nSPS) is 35.9. The Labute approximate surface area is 149 Å². The summed E-state index contributed by atoms with van der Waals surface area (Å²) in [6, 6.07) is 0. The molecule has 3 amide bonds. The summed E-state index contributed by atoms with van der Waals surface area (Å²) in [5, 5.41) is 2.82. The Balaban J connectivity index is 1.37. The molecule has 0 radical (unpaired) electrons. The third-order valence-electron chi connectivity index (χ3n) is 6.14. The standard InChI is InChI=1S/C18H20N2O4S/c1-8-2-3-9-10(7-25-13(9)6-8)16(21)19-20-17(22)14-11-4-5-12(24-11)15(14)18(20)23/h7-8,11-12,14-15H,2-6H2,1H3,(H,19,21)/t8-,11-,12+,14+,15-/m0/s1. The molecule has 0 unspecified atom stereocenters. The molecule has 3 fully saturated rings. The number of ether oxygens (including phenoxy) is 1. The van der Waals surface area contributed by atoms with E-state index in [0.29, 0.717) is 11.5 Å². The minimum Gasteiger partial charge on any atom is -0.373 e. The summed E-state index contributed by atoms with van der Waals surface area (Å²) in [6.07, 6.45) is 4.27. The number of imide groups is 1. The number of hydrogen-bond acceptors (Lipinski definition) is 5. The van der Waals surface area contributed by atoms with Gasteiger partial charge in [0, 0.05) is 10.3 Å². The predicted molar refractivity (Wildman–Crippen MR) is 89.7 cm³/mol. The van der Waals surface area contributed by atoms with Crippen molar-refractivity contribution in [2.45, 2.75) is 51.2 Å². The second-order valence-electron chi connectivity index (χ2n) is 7.69. The van der Waals surface area contributed by atoms with Crippen LogP contribution in [-0.4, -0.2) is 34.9 Å². The Kier molecular flexibility index (Phi) is 3.34. The molecule has 0 spiro atoms. The van der Waals surface area contributed by atoms with Crippen molar-refractivity contribution < 1.29 is 19.1 Å². The number of amides is 3. The van der Waals surface area contributed by atoms with Gasteiger partial charge in [0.2, 0.25) is 0 Å². The van der Waals surface area contributed by atoms with Gasteiger partial charge in [-0.2, -0.15) is 5.01 Å². The lowest BCUT2D eigenvalue weighted by Crippen LogP contribution is -2.48. The maximum Gasteiger partial charge on any atom is 0.271 e. The maximum atomic E-state index is 12.7. The van der Waals surface area contributed by atoms with Gasteiger partial charge in [-0.05, 0) is 43.6 Å². The Hall–Kier alpha value is -1.73. The van der Waals surface area contributed by atoms with Crippen LogP contribution in [0.3, 0.4) is 0 Å². The molecule has 5 rings (SSSR count). The fourth-order valence-corrected chi connectivity index (χ4v) is 6.10. The van der Waals surface area contributed by atoms with Crippen molar-refractivity contribution in [1.82, 2.24) is 10.4 Å². The van der Waals surface area contributed by atoms with E-state index in [1.807, 2.05) is 5.38 Å². The van der Waals surface area contributed by atoms with Gasteiger partial charge < -0.3 is 4.74 Å². The van der Waals surface area contributed by atoms with Crippen molar-refractivity contribution in [3.8, 4) is 0 Å². The van der Waals surface area contributed by atoms with Crippen LogP contribution >= 0.6 is 11.3 Å². The highest BCUT2D eigenvalue weighted by atomic mass is 32.1. The lowest BCUT2D eigenvalue weighted by molar-refractivity contribution is -0.145. The quantitative estimate of drug-likeness (QED) is 0.814. The molecule has 1 aromatic rings. The first kappa shape index (κ1) is 15.5. The molecule has 0 saturated carbocycles. The summed E-state index contributed by atoms with van der Waals surface area (Å²) in [5.74, 6) is -1.16. The molecular formula is C18H20N2O4S. The number of carbonyl (C=O) groups is 3. The Morgan fingerprint density at radius 1 is 1.20 bits per heavy atom. The molecule has 6 nitrogen and oxygen atoms in total. The van der Waals surface area contributed by atoms with Crippen LogP contribution in [-0.2, 0) is 27.2 Å². The van der Waals surface area contributed by atoms with Gasteiger partial charge in [-0.1, -0.05) is 6.92 Å². The number of thiophene rings is 1. The first-order valence-corrected chi connectivity index (χ1v) is 9.86. The molecule has 1 aromatic heterocycles. The van der Waals surface area contributed by atoms with Crippen LogP contribution in [0.4, 0.5) is 0 Å². The van der Waals surface area contributed by atoms with E-state index >= 15 is 0 Å². The largest absolute Gasteiger partial charge is 0.373 e. The van der Waals surface area contributed by atoms with Crippen molar-refractivity contribution in [2.24, 2.45) is 17.8 Å². The summed E-state index contributed by atoms with van der Waals surface area (Å²) in [7, 11) is 0. The van der Waals surface area contributed by atoms with Crippen LogP contribution in [0.5, 0.6) is 0 Å². The smallest absolute Gasteiger partial charge is 0.271 e. The highest BCUT2D eigenvalue weighted by Gasteiger charge is 2.62. The van der Waals surface area contributed by atoms with E-state index in [2.05, 4.69) is 12.3 Å². The first-order chi connectivity index (χ1) is 12.0. The molecule has 5 atom stereocenters. The lowest BCUT2D eigenvalue weighted by Gasteiger charge is -2.21. The van der Waals surface area contributed by atoms with Crippen molar-refractivity contribution in [3.63, 3.8) is 0 Å². The third kappa shape index (κ3) is 2.15. The molecule has 3 saturated heterocycles. The van der Waals surface area contributed by atoms with Crippen LogP contribution < -0.4 is 5.43 Å². The van der Waals surface area contributed by atoms with Gasteiger partial charge in [0.05, 0.1) is 29.6 Å². The van der Waals surface area contributed by atoms with Gasteiger partial charge in [-0.15, -0.1) is 11.3 Å². The van der Waals surface area contributed by atoms with Crippen LogP contribution in [0.1, 0.15) is 47.0 Å². The maximum absolute atomic E-state index is 12.7. The predicted octanol–water partition coefficient (Wildman–Crippen LogP) is 1.68. The Morgan fingerprint density at radius 2 is 1.88 bits per heavy atom. The Bertz CT molecular complexity index is 760. The van der Waals surface area contributed by atoms with E-state index in [4.69, 9.17) is 4.74 Å². The minimum atomic E-state index is -0.413. The molecular weight excluding hydrogens is 340 g/mol. The number of carbonyl (C=O) groups excluding carboxylic acids is 3. The van der Waals surface area contributed by atoms with Crippen LogP contribution in [0.15, 0.2) is 5.38 Å². The molecule has 132 valence electrons. The second kappa shape index (κ2) is 5.38. The van der Waals surface area contributed by atoms with Crippen LogP contribution in [0, 0.1) is 17.8 Å². The highest BCUT2D eigenvalue weighted by Crippen LogP contribution is 2.48. The fourth-order valence-electron chi connectivity index (χ4n) is 4.85. The van der Waals surface area contributed by atoms with Gasteiger partial charge in [0.25, 0.3) is 17.7 Å². The summed E-state index contributed by atoms with van der Waals surface area (Å²) < 4.78 is 5.71. The van der Waals surface area contributed by atoms with E-state index in [0.717, 1.165) is 42.7 Å². The molecule has 4 heterocycles. The van der Waals surface area contributed by atoms with Gasteiger partial charge in [0.15, 0.2) is 0 Å². The SMILES string of the molecule is C[C@H]1CCc2c(C(=O)NN3C(=O)[C@@H]4[C@H](C3=O)[C@@H]3CC[C@H]4O3)csc2C1. The van der Waals surface area contributed by atoms with Crippen molar-refractivity contribution >= 4 is 29.1 Å². The topological polar surface area (TPSA) is 75.7 Å². The monoisotopic (exact) mass is 360 g/mol. The molecule has 1 aliphatic carbocycles. The molecule has 3 aliphatic heterocycles. The Morgan fingerprint density at radius 3 is 2.56 bits per heavy atom. The van der Waals surface area contributed by atoms with E-state index in [9.17, 15) is 14.4 Å². The number of rotatable bonds is 2. The summed E-state index contributed by atoms with van der Waals surface area (Å²) >= 11 is 1.60. The zero-order chi connectivity index (χ0) is 17.3. The minimum absolute atomic E-state index is 0.163. The number of fused-ring (bicyclic) bond motifs is 6. The molecule has 1 N–H and O–H groups in total. The first-order valence-electron chi connectivity index (χ1n) is 8.98. The van der Waals surface area contributed by atoms with Gasteiger partial charge in [-0.25, -0.2) is 0 Å². The fraction of sp³-hybridized carbons (Fsp3) is 0.611. The van der Waals surface area contributed by atoms with E-state index < -0.39 is 11.8 Å².